The first-order valence-electron chi connectivity index (χ1n) is 9.40. The Morgan fingerprint density at radius 1 is 1.07 bits per heavy atom. The lowest BCUT2D eigenvalue weighted by Gasteiger charge is -2.33. The highest BCUT2D eigenvalue weighted by atomic mass is 19.4. The van der Waals surface area contributed by atoms with E-state index in [1.807, 2.05) is 6.20 Å². The number of piperidine rings is 1. The van der Waals surface area contributed by atoms with Gasteiger partial charge in [0.25, 0.3) is 0 Å². The molecule has 0 amide bonds. The maximum Gasteiger partial charge on any atom is 0.433 e. The lowest BCUT2D eigenvalue weighted by molar-refractivity contribution is -0.141. The third-order valence-electron chi connectivity index (χ3n) is 5.34. The van der Waals surface area contributed by atoms with Crippen LogP contribution in [0.15, 0.2) is 18.6 Å². The number of nitrogens with zero attached hydrogens (tertiary/aromatic N) is 5. The summed E-state index contributed by atoms with van der Waals surface area (Å²) in [6.45, 7) is 3.73. The number of anilines is 1. The first-order valence-corrected chi connectivity index (χ1v) is 9.40. The highest BCUT2D eigenvalue weighted by Crippen LogP contribution is 2.28. The van der Waals surface area contributed by atoms with Gasteiger partial charge in [-0.3, -0.25) is 4.90 Å². The van der Waals surface area contributed by atoms with Gasteiger partial charge in [0.05, 0.1) is 5.69 Å². The molecule has 0 radical (unpaired) electrons. The lowest BCUT2D eigenvalue weighted by atomic mass is 10.0. The van der Waals surface area contributed by atoms with Crippen LogP contribution in [0.25, 0.3) is 0 Å². The van der Waals surface area contributed by atoms with E-state index in [2.05, 4.69) is 29.7 Å². The number of rotatable bonds is 4. The molecule has 27 heavy (non-hydrogen) atoms. The molecule has 0 atom stereocenters. The Kier molecular flexibility index (Phi) is 5.03. The van der Waals surface area contributed by atoms with Crippen molar-refractivity contribution in [2.24, 2.45) is 0 Å². The summed E-state index contributed by atoms with van der Waals surface area (Å²) in [5.74, 6) is 1.43. The normalized spacial score (nSPS) is 19.1. The number of aryl methyl sites for hydroxylation is 1. The number of imidazole rings is 1. The molecule has 4 heterocycles. The summed E-state index contributed by atoms with van der Waals surface area (Å²) in [5.41, 5.74) is 0.352. The summed E-state index contributed by atoms with van der Waals surface area (Å²) in [4.78, 5) is 14.2. The van der Waals surface area contributed by atoms with Crippen LogP contribution >= 0.6 is 0 Å². The molecule has 146 valence electrons. The van der Waals surface area contributed by atoms with E-state index >= 15 is 0 Å². The Hall–Kier alpha value is -2.16. The smallest absolute Gasteiger partial charge is 0.367 e. The van der Waals surface area contributed by atoms with Crippen LogP contribution in [0.5, 0.6) is 0 Å². The molecule has 4 rings (SSSR count). The van der Waals surface area contributed by atoms with Crippen LogP contribution in [0.1, 0.15) is 42.9 Å². The van der Waals surface area contributed by atoms with E-state index in [0.717, 1.165) is 57.8 Å². The number of likely N-dealkylation sites (tertiary alicyclic amines) is 1. The molecule has 2 aliphatic rings. The molecule has 0 unspecified atom stereocenters. The molecule has 6 nitrogen and oxygen atoms in total. The second-order valence-electron chi connectivity index (χ2n) is 7.26. The van der Waals surface area contributed by atoms with Crippen LogP contribution in [0.4, 0.5) is 19.0 Å². The Morgan fingerprint density at radius 2 is 1.89 bits per heavy atom. The zero-order valence-electron chi connectivity index (χ0n) is 15.0. The number of nitrogens with one attached hydrogen (secondary N) is 1. The first kappa shape index (κ1) is 18.2. The van der Waals surface area contributed by atoms with E-state index in [1.54, 1.807) is 0 Å². The molecule has 1 fully saturated rings. The molecular formula is C18H23F3N6. The van der Waals surface area contributed by atoms with Crippen molar-refractivity contribution in [3.63, 3.8) is 0 Å². The standard InChI is InChI=1S/C18H23F3N6/c19-18(20,21)15-9-16(24-12-23-15)25-13-4-7-26(8-5-13)11-14-10-22-17-3-1-2-6-27(14)17/h9-10,12-13H,1-8,11H2,(H,23,24,25). The largest absolute Gasteiger partial charge is 0.433 e. The van der Waals surface area contributed by atoms with Crippen molar-refractivity contribution in [1.29, 1.82) is 0 Å². The number of hydrogen-bond acceptors (Lipinski definition) is 5. The third-order valence-corrected chi connectivity index (χ3v) is 5.34. The van der Waals surface area contributed by atoms with E-state index in [4.69, 9.17) is 0 Å². The van der Waals surface area contributed by atoms with Crippen molar-refractivity contribution < 1.29 is 13.2 Å². The van der Waals surface area contributed by atoms with Crippen molar-refractivity contribution >= 4 is 5.82 Å². The molecule has 0 aromatic carbocycles. The van der Waals surface area contributed by atoms with Gasteiger partial charge in [-0.15, -0.1) is 0 Å². The van der Waals surface area contributed by atoms with Crippen molar-refractivity contribution in [3.8, 4) is 0 Å². The highest BCUT2D eigenvalue weighted by molar-refractivity contribution is 5.36. The van der Waals surface area contributed by atoms with Crippen molar-refractivity contribution in [2.75, 3.05) is 18.4 Å². The fraction of sp³-hybridized carbons (Fsp3) is 0.611. The molecule has 1 saturated heterocycles. The lowest BCUT2D eigenvalue weighted by Crippen LogP contribution is -2.39. The molecule has 0 spiro atoms. The van der Waals surface area contributed by atoms with E-state index in [9.17, 15) is 13.2 Å². The van der Waals surface area contributed by atoms with Gasteiger partial charge in [0.1, 0.15) is 23.7 Å². The number of hydrogen-bond donors (Lipinski definition) is 1. The minimum absolute atomic E-state index is 0.122. The average molecular weight is 380 g/mol. The predicted molar refractivity (Wildman–Crippen MR) is 94.1 cm³/mol. The van der Waals surface area contributed by atoms with Gasteiger partial charge in [0, 0.05) is 50.9 Å². The summed E-state index contributed by atoms with van der Waals surface area (Å²) in [5, 5.41) is 3.13. The number of fused-ring (bicyclic) bond motifs is 1. The van der Waals surface area contributed by atoms with Gasteiger partial charge >= 0.3 is 6.18 Å². The molecule has 2 aromatic heterocycles. The monoisotopic (exact) mass is 380 g/mol. The van der Waals surface area contributed by atoms with Crippen LogP contribution in [-0.4, -0.2) is 43.6 Å². The van der Waals surface area contributed by atoms with E-state index in [0.29, 0.717) is 0 Å². The Labute approximate surface area is 155 Å². The van der Waals surface area contributed by atoms with Crippen molar-refractivity contribution in [1.82, 2.24) is 24.4 Å². The van der Waals surface area contributed by atoms with Crippen LogP contribution in [0.3, 0.4) is 0 Å². The third kappa shape index (κ3) is 4.23. The van der Waals surface area contributed by atoms with Crippen LogP contribution < -0.4 is 5.32 Å². The average Bonchev–Trinajstić information content (AvgIpc) is 3.06. The van der Waals surface area contributed by atoms with Gasteiger partial charge in [-0.25, -0.2) is 15.0 Å². The van der Waals surface area contributed by atoms with Gasteiger partial charge in [0.2, 0.25) is 0 Å². The number of aromatic nitrogens is 4. The molecule has 0 bridgehead atoms. The summed E-state index contributed by atoms with van der Waals surface area (Å²) in [7, 11) is 0. The highest BCUT2D eigenvalue weighted by Gasteiger charge is 2.33. The van der Waals surface area contributed by atoms with Gasteiger partial charge in [-0.05, 0) is 25.7 Å². The van der Waals surface area contributed by atoms with Crippen molar-refractivity contribution in [2.45, 2.75) is 57.4 Å². The van der Waals surface area contributed by atoms with E-state index in [1.165, 1.54) is 24.4 Å². The SMILES string of the molecule is FC(F)(F)c1cc(NC2CCN(Cc3cnc4n3CCCC4)CC2)ncn1. The van der Waals surface area contributed by atoms with Crippen LogP contribution in [0, 0.1) is 0 Å². The zero-order valence-corrected chi connectivity index (χ0v) is 15.0. The predicted octanol–water partition coefficient (Wildman–Crippen LogP) is 3.10. The second-order valence-corrected chi connectivity index (χ2v) is 7.26. The quantitative estimate of drug-likeness (QED) is 0.883. The van der Waals surface area contributed by atoms with Gasteiger partial charge in [-0.2, -0.15) is 13.2 Å². The Morgan fingerprint density at radius 3 is 2.67 bits per heavy atom. The molecule has 1 N–H and O–H groups in total. The number of halogens is 3. The minimum atomic E-state index is -4.45. The molecule has 9 heteroatoms. The first-order chi connectivity index (χ1) is 13.0. The van der Waals surface area contributed by atoms with Gasteiger partial charge in [-0.1, -0.05) is 0 Å². The topological polar surface area (TPSA) is 58.9 Å². The van der Waals surface area contributed by atoms with Crippen LogP contribution in [0.2, 0.25) is 0 Å². The summed E-state index contributed by atoms with van der Waals surface area (Å²) < 4.78 is 40.6. The second kappa shape index (κ2) is 7.46. The molecule has 0 aliphatic carbocycles. The fourth-order valence-electron chi connectivity index (χ4n) is 3.87. The van der Waals surface area contributed by atoms with Crippen LogP contribution in [-0.2, 0) is 25.7 Å². The summed E-state index contributed by atoms with van der Waals surface area (Å²) in [6, 6.07) is 1.10. The van der Waals surface area contributed by atoms with Gasteiger partial charge < -0.3 is 9.88 Å². The zero-order chi connectivity index (χ0) is 18.9. The van der Waals surface area contributed by atoms with E-state index < -0.39 is 11.9 Å². The molecule has 2 aromatic rings. The van der Waals surface area contributed by atoms with Gasteiger partial charge in [0.15, 0.2) is 0 Å². The Balaban J connectivity index is 1.31. The fourth-order valence-corrected chi connectivity index (χ4v) is 3.87. The molecular weight excluding hydrogens is 357 g/mol. The maximum atomic E-state index is 12.8. The summed E-state index contributed by atoms with van der Waals surface area (Å²) >= 11 is 0. The molecule has 0 saturated carbocycles. The minimum Gasteiger partial charge on any atom is -0.367 e. The maximum absolute atomic E-state index is 12.8. The Bertz CT molecular complexity index is 780. The summed E-state index contributed by atoms with van der Waals surface area (Å²) in [6.07, 6.45) is 3.72. The van der Waals surface area contributed by atoms with Crippen molar-refractivity contribution in [3.05, 3.63) is 35.8 Å². The molecule has 2 aliphatic heterocycles. The van der Waals surface area contributed by atoms with E-state index in [-0.39, 0.29) is 11.9 Å². The number of alkyl halides is 3.